The van der Waals surface area contributed by atoms with Crippen LogP contribution in [0, 0.1) is 0 Å². The van der Waals surface area contributed by atoms with Crippen LogP contribution in [-0.4, -0.2) is 47.1 Å². The van der Waals surface area contributed by atoms with Crippen molar-refractivity contribution in [3.05, 3.63) is 29.8 Å². The van der Waals surface area contributed by atoms with E-state index in [9.17, 15) is 13.2 Å². The number of benzene rings is 1. The summed E-state index contributed by atoms with van der Waals surface area (Å²) >= 11 is 0. The predicted molar refractivity (Wildman–Crippen MR) is 54.1 cm³/mol. The number of carboxylic acids is 1. The van der Waals surface area contributed by atoms with Gasteiger partial charge in [-0.25, -0.2) is 4.79 Å². The van der Waals surface area contributed by atoms with Crippen LogP contribution in [0.3, 0.4) is 0 Å². The molecule has 0 radical (unpaired) electrons. The van der Waals surface area contributed by atoms with Gasteiger partial charge in [-0.3, -0.25) is 4.55 Å². The zero-order chi connectivity index (χ0) is 10.8. The lowest BCUT2D eigenvalue weighted by Crippen LogP contribution is -2.10. The Morgan fingerprint density at radius 1 is 1.27 bits per heavy atom. The van der Waals surface area contributed by atoms with E-state index in [-0.39, 0.29) is 28.6 Å². The largest absolute Gasteiger partial charge is 0.478 e. The minimum Gasteiger partial charge on any atom is -0.478 e. The van der Waals surface area contributed by atoms with Crippen LogP contribution in [0.5, 0.6) is 5.75 Å². The van der Waals surface area contributed by atoms with Crippen molar-refractivity contribution in [2.75, 3.05) is 0 Å². The molecule has 0 unspecified atom stereocenters. The molecule has 0 saturated carbocycles. The van der Waals surface area contributed by atoms with Gasteiger partial charge in [0.1, 0.15) is 5.56 Å². The molecule has 1 aromatic rings. The van der Waals surface area contributed by atoms with Gasteiger partial charge in [0.2, 0.25) is 0 Å². The van der Waals surface area contributed by atoms with Crippen molar-refractivity contribution in [1.82, 2.24) is 0 Å². The number of hydrogen-bond donors (Lipinski definition) is 2. The molecular weight excluding hydrogens is 236 g/mol. The number of rotatable bonds is 3. The molecule has 6 nitrogen and oxygen atoms in total. The fourth-order valence-corrected chi connectivity index (χ4v) is 1.20. The first-order chi connectivity index (χ1) is 6.40. The fourth-order valence-electron chi connectivity index (χ4n) is 0.829. The first-order valence-electron chi connectivity index (χ1n) is 3.39. The van der Waals surface area contributed by atoms with Gasteiger partial charge < -0.3 is 9.29 Å². The van der Waals surface area contributed by atoms with E-state index in [1.54, 1.807) is 0 Å². The van der Waals surface area contributed by atoms with Crippen LogP contribution in [0.15, 0.2) is 24.3 Å². The second kappa shape index (κ2) is 5.31. The van der Waals surface area contributed by atoms with Gasteiger partial charge in [-0.2, -0.15) is 8.42 Å². The van der Waals surface area contributed by atoms with E-state index < -0.39 is 22.1 Å². The molecular formula is C7H8MgO6S. The van der Waals surface area contributed by atoms with Crippen molar-refractivity contribution in [2.24, 2.45) is 0 Å². The smallest absolute Gasteiger partial charge is 0.446 e. The van der Waals surface area contributed by atoms with Gasteiger partial charge in [0.15, 0.2) is 5.75 Å². The van der Waals surface area contributed by atoms with Crippen LogP contribution in [-0.2, 0) is 10.4 Å². The van der Waals surface area contributed by atoms with Crippen molar-refractivity contribution in [1.29, 1.82) is 0 Å². The van der Waals surface area contributed by atoms with Crippen molar-refractivity contribution in [2.45, 2.75) is 0 Å². The Hall–Kier alpha value is -0.834. The molecule has 0 aliphatic carbocycles. The highest BCUT2D eigenvalue weighted by molar-refractivity contribution is 7.81. The van der Waals surface area contributed by atoms with Crippen molar-refractivity contribution in [3.8, 4) is 5.75 Å². The molecule has 80 valence electrons. The number of hydrogen-bond acceptors (Lipinski definition) is 4. The minimum atomic E-state index is -4.70. The molecule has 2 N–H and O–H groups in total. The number of para-hydroxylation sites is 1. The van der Waals surface area contributed by atoms with E-state index >= 15 is 0 Å². The summed E-state index contributed by atoms with van der Waals surface area (Å²) in [5, 5.41) is 8.61. The molecule has 0 aromatic heterocycles. The zero-order valence-corrected chi connectivity index (χ0v) is 7.56. The van der Waals surface area contributed by atoms with E-state index in [0.717, 1.165) is 12.1 Å². The average Bonchev–Trinajstić information content (AvgIpc) is 2.01. The predicted octanol–water partition coefficient (Wildman–Crippen LogP) is -0.350. The normalized spacial score (nSPS) is 10.2. The molecule has 0 bridgehead atoms. The Morgan fingerprint density at radius 2 is 1.80 bits per heavy atom. The first kappa shape index (κ1) is 14.2. The molecule has 0 heterocycles. The van der Waals surface area contributed by atoms with Gasteiger partial charge in [0.05, 0.1) is 0 Å². The summed E-state index contributed by atoms with van der Waals surface area (Å²) in [4.78, 5) is 10.6. The highest BCUT2D eigenvalue weighted by atomic mass is 32.3. The summed E-state index contributed by atoms with van der Waals surface area (Å²) in [6, 6.07) is 5.06. The highest BCUT2D eigenvalue weighted by Gasteiger charge is 2.15. The van der Waals surface area contributed by atoms with Crippen LogP contribution < -0.4 is 4.18 Å². The maximum Gasteiger partial charge on any atom is 0.446 e. The standard InChI is InChI=1S/C7H6O6S.Mg.2H/c8-7(9)5-3-1-2-4-6(5)13-14(10,11)12;;;/h1-4H,(H,8,9)(H,10,11,12);;;. The van der Waals surface area contributed by atoms with Gasteiger partial charge in [0, 0.05) is 0 Å². The van der Waals surface area contributed by atoms with Crippen LogP contribution in [0.1, 0.15) is 10.4 Å². The molecule has 8 heteroatoms. The van der Waals surface area contributed by atoms with Crippen molar-refractivity contribution < 1.29 is 27.1 Å². The van der Waals surface area contributed by atoms with E-state index in [1.807, 2.05) is 0 Å². The Kier molecular flexibility index (Phi) is 5.01. The summed E-state index contributed by atoms with van der Waals surface area (Å²) in [5.74, 6) is -1.77. The van der Waals surface area contributed by atoms with E-state index in [1.165, 1.54) is 12.1 Å². The molecule has 0 amide bonds. The maximum absolute atomic E-state index is 10.6. The molecule has 1 aromatic carbocycles. The summed E-state index contributed by atoms with van der Waals surface area (Å²) in [6.07, 6.45) is 0. The van der Waals surface area contributed by atoms with Gasteiger partial charge in [0.25, 0.3) is 0 Å². The Bertz CT molecular complexity index is 454. The SMILES string of the molecule is O=C(O)c1ccccc1OS(=O)(=O)O.[MgH2]. The van der Waals surface area contributed by atoms with Crippen LogP contribution in [0.2, 0.25) is 0 Å². The Balaban J connectivity index is 0.00000196. The molecule has 0 aliphatic rings. The topological polar surface area (TPSA) is 101 Å². The molecule has 1 rings (SSSR count). The van der Waals surface area contributed by atoms with Crippen LogP contribution in [0.4, 0.5) is 0 Å². The summed E-state index contributed by atoms with van der Waals surface area (Å²) in [7, 11) is -4.70. The number of carboxylic acid groups (broad SMARTS) is 1. The molecule has 0 saturated heterocycles. The van der Waals surface area contributed by atoms with E-state index in [2.05, 4.69) is 4.18 Å². The third kappa shape index (κ3) is 4.47. The van der Waals surface area contributed by atoms with Gasteiger partial charge in [-0.05, 0) is 12.1 Å². The summed E-state index contributed by atoms with van der Waals surface area (Å²) in [6.45, 7) is 0. The first-order valence-corrected chi connectivity index (χ1v) is 4.76. The molecule has 0 atom stereocenters. The summed E-state index contributed by atoms with van der Waals surface area (Å²) in [5.41, 5.74) is -0.342. The van der Waals surface area contributed by atoms with Crippen molar-refractivity contribution >= 4 is 39.4 Å². The molecule has 15 heavy (non-hydrogen) atoms. The average molecular weight is 245 g/mol. The van der Waals surface area contributed by atoms with E-state index in [0.29, 0.717) is 0 Å². The quantitative estimate of drug-likeness (QED) is 0.557. The Morgan fingerprint density at radius 3 is 2.27 bits per heavy atom. The second-order valence-electron chi connectivity index (χ2n) is 2.31. The third-order valence-corrected chi connectivity index (χ3v) is 1.70. The Labute approximate surface area is 102 Å². The van der Waals surface area contributed by atoms with Crippen LogP contribution in [0.25, 0.3) is 0 Å². The summed E-state index contributed by atoms with van der Waals surface area (Å²) < 4.78 is 33.0. The molecule has 0 fully saturated rings. The molecule has 0 aliphatic heterocycles. The fraction of sp³-hybridized carbons (Fsp3) is 0. The lowest BCUT2D eigenvalue weighted by atomic mass is 10.2. The maximum atomic E-state index is 10.6. The highest BCUT2D eigenvalue weighted by Crippen LogP contribution is 2.18. The lowest BCUT2D eigenvalue weighted by molar-refractivity contribution is 0.0695. The number of aromatic carboxylic acids is 1. The number of carbonyl (C=O) groups is 1. The van der Waals surface area contributed by atoms with Gasteiger partial charge >= 0.3 is 39.4 Å². The lowest BCUT2D eigenvalue weighted by Gasteiger charge is -2.03. The van der Waals surface area contributed by atoms with Gasteiger partial charge in [-0.15, -0.1) is 0 Å². The third-order valence-electron chi connectivity index (χ3n) is 1.31. The zero-order valence-electron chi connectivity index (χ0n) is 6.75. The van der Waals surface area contributed by atoms with Gasteiger partial charge in [-0.1, -0.05) is 12.1 Å². The van der Waals surface area contributed by atoms with Crippen molar-refractivity contribution in [3.63, 3.8) is 0 Å². The monoisotopic (exact) mass is 244 g/mol. The second-order valence-corrected chi connectivity index (χ2v) is 3.33. The molecule has 0 spiro atoms. The minimum absolute atomic E-state index is 0. The van der Waals surface area contributed by atoms with Crippen LogP contribution >= 0.6 is 0 Å². The van der Waals surface area contributed by atoms with E-state index in [4.69, 9.17) is 9.66 Å².